The molecule has 20 heavy (non-hydrogen) atoms. The van der Waals surface area contributed by atoms with Crippen LogP contribution >= 0.6 is 0 Å². The fourth-order valence-corrected chi connectivity index (χ4v) is 2.18. The highest BCUT2D eigenvalue weighted by molar-refractivity contribution is 5.50. The molecule has 0 fully saturated rings. The van der Waals surface area contributed by atoms with Crippen LogP contribution in [0.4, 0.5) is 11.4 Å². The number of hydrogen-bond acceptors (Lipinski definition) is 3. The molecule has 0 aliphatic rings. The fraction of sp³-hybridized carbons (Fsp3) is 0.294. The van der Waals surface area contributed by atoms with Crippen LogP contribution in [0.1, 0.15) is 12.0 Å². The summed E-state index contributed by atoms with van der Waals surface area (Å²) >= 11 is 0. The van der Waals surface area contributed by atoms with Gasteiger partial charge in [-0.3, -0.25) is 0 Å². The van der Waals surface area contributed by atoms with Crippen LogP contribution in [0.5, 0.6) is 0 Å². The maximum absolute atomic E-state index is 9.26. The molecule has 3 nitrogen and oxygen atoms in total. The minimum atomic E-state index is 0.0765. The Morgan fingerprint density at radius 2 is 1.70 bits per heavy atom. The van der Waals surface area contributed by atoms with Crippen molar-refractivity contribution in [1.29, 1.82) is 0 Å². The number of aliphatic hydroxyl groups excluding tert-OH is 1. The van der Waals surface area contributed by atoms with Crippen molar-refractivity contribution in [2.75, 3.05) is 30.4 Å². The summed E-state index contributed by atoms with van der Waals surface area (Å²) in [5.74, 6) is 0. The maximum atomic E-state index is 9.26. The van der Waals surface area contributed by atoms with E-state index in [-0.39, 0.29) is 6.61 Å². The van der Waals surface area contributed by atoms with E-state index in [0.717, 1.165) is 30.8 Å². The average molecular weight is 270 g/mol. The minimum Gasteiger partial charge on any atom is -0.392 e. The Labute approximate surface area is 120 Å². The number of nitrogens with one attached hydrogen (secondary N) is 1. The fourth-order valence-electron chi connectivity index (χ4n) is 2.18. The lowest BCUT2D eigenvalue weighted by atomic mass is 10.2. The Hall–Kier alpha value is -2.00. The smallest absolute Gasteiger partial charge is 0.0701 e. The second-order valence-electron chi connectivity index (χ2n) is 4.85. The predicted octanol–water partition coefficient (Wildman–Crippen LogP) is 3.12. The first kappa shape index (κ1) is 14.4. The molecule has 0 aliphatic heterocycles. The van der Waals surface area contributed by atoms with Gasteiger partial charge in [0.25, 0.3) is 0 Å². The van der Waals surface area contributed by atoms with E-state index < -0.39 is 0 Å². The molecule has 2 aromatic rings. The molecule has 0 atom stereocenters. The van der Waals surface area contributed by atoms with Crippen molar-refractivity contribution in [1.82, 2.24) is 0 Å². The third-order valence-corrected chi connectivity index (χ3v) is 3.37. The number of para-hydroxylation sites is 2. The summed E-state index contributed by atoms with van der Waals surface area (Å²) < 4.78 is 0. The Bertz CT molecular complexity index is 513. The van der Waals surface area contributed by atoms with Crippen LogP contribution in [0.2, 0.25) is 0 Å². The van der Waals surface area contributed by atoms with Crippen LogP contribution in [0.3, 0.4) is 0 Å². The third-order valence-electron chi connectivity index (χ3n) is 3.37. The highest BCUT2D eigenvalue weighted by atomic mass is 16.3. The molecule has 2 aromatic carbocycles. The largest absolute Gasteiger partial charge is 0.392 e. The SMILES string of the molecule is CN(CCCNc1ccccc1CO)c1ccccc1. The molecular formula is C17H22N2O. The lowest BCUT2D eigenvalue weighted by molar-refractivity contribution is 0.282. The summed E-state index contributed by atoms with van der Waals surface area (Å²) in [6.07, 6.45) is 1.05. The predicted molar refractivity (Wildman–Crippen MR) is 85.2 cm³/mol. The minimum absolute atomic E-state index is 0.0765. The van der Waals surface area contributed by atoms with Crippen LogP contribution in [0.15, 0.2) is 54.6 Å². The van der Waals surface area contributed by atoms with Gasteiger partial charge in [-0.2, -0.15) is 0 Å². The van der Waals surface area contributed by atoms with E-state index in [2.05, 4.69) is 41.5 Å². The summed E-state index contributed by atoms with van der Waals surface area (Å²) in [5, 5.41) is 12.6. The van der Waals surface area contributed by atoms with E-state index in [4.69, 9.17) is 0 Å². The normalized spacial score (nSPS) is 10.3. The molecule has 0 bridgehead atoms. The molecule has 106 valence electrons. The summed E-state index contributed by atoms with van der Waals surface area (Å²) in [4.78, 5) is 2.25. The highest BCUT2D eigenvalue weighted by Crippen LogP contribution is 2.15. The van der Waals surface area contributed by atoms with Crippen molar-refractivity contribution >= 4 is 11.4 Å². The molecule has 0 saturated carbocycles. The second kappa shape index (κ2) is 7.56. The van der Waals surface area contributed by atoms with Crippen molar-refractivity contribution in [2.24, 2.45) is 0 Å². The van der Waals surface area contributed by atoms with Crippen molar-refractivity contribution in [2.45, 2.75) is 13.0 Å². The molecule has 0 heterocycles. The summed E-state index contributed by atoms with van der Waals surface area (Å²) in [5.41, 5.74) is 3.21. The van der Waals surface area contributed by atoms with Crippen molar-refractivity contribution in [3.8, 4) is 0 Å². The molecule has 2 N–H and O–H groups in total. The molecule has 0 saturated heterocycles. The van der Waals surface area contributed by atoms with Crippen LogP contribution in [0.25, 0.3) is 0 Å². The van der Waals surface area contributed by atoms with E-state index in [1.54, 1.807) is 0 Å². The van der Waals surface area contributed by atoms with Gasteiger partial charge in [-0.25, -0.2) is 0 Å². The van der Waals surface area contributed by atoms with Crippen LogP contribution in [0, 0.1) is 0 Å². The van der Waals surface area contributed by atoms with Gasteiger partial charge in [-0.15, -0.1) is 0 Å². The maximum Gasteiger partial charge on any atom is 0.0701 e. The van der Waals surface area contributed by atoms with E-state index in [9.17, 15) is 5.11 Å². The van der Waals surface area contributed by atoms with Crippen LogP contribution in [-0.4, -0.2) is 25.2 Å². The van der Waals surface area contributed by atoms with Crippen molar-refractivity contribution in [3.63, 3.8) is 0 Å². The molecule has 0 aromatic heterocycles. The van der Waals surface area contributed by atoms with Crippen LogP contribution in [-0.2, 0) is 6.61 Å². The van der Waals surface area contributed by atoms with Crippen molar-refractivity contribution < 1.29 is 5.11 Å². The van der Waals surface area contributed by atoms with Gasteiger partial charge >= 0.3 is 0 Å². The molecule has 3 heteroatoms. The average Bonchev–Trinajstić information content (AvgIpc) is 2.52. The molecule has 0 unspecified atom stereocenters. The summed E-state index contributed by atoms with van der Waals surface area (Å²) in [7, 11) is 2.11. The van der Waals surface area contributed by atoms with Gasteiger partial charge in [0.05, 0.1) is 6.61 Å². The second-order valence-corrected chi connectivity index (χ2v) is 4.85. The lowest BCUT2D eigenvalue weighted by Gasteiger charge is -2.19. The Morgan fingerprint density at radius 1 is 1.00 bits per heavy atom. The number of anilines is 2. The first-order chi connectivity index (χ1) is 9.81. The monoisotopic (exact) mass is 270 g/mol. The third kappa shape index (κ3) is 4.00. The van der Waals surface area contributed by atoms with Gasteiger partial charge in [0.2, 0.25) is 0 Å². The van der Waals surface area contributed by atoms with Gasteiger partial charge < -0.3 is 15.3 Å². The standard InChI is InChI=1S/C17H22N2O/c1-19(16-9-3-2-4-10-16)13-7-12-18-17-11-6-5-8-15(17)14-20/h2-6,8-11,18,20H,7,12-14H2,1H3. The van der Waals surface area contributed by atoms with Gasteiger partial charge in [0, 0.05) is 37.1 Å². The van der Waals surface area contributed by atoms with Gasteiger partial charge in [0.1, 0.15) is 0 Å². The molecule has 0 amide bonds. The first-order valence-corrected chi connectivity index (χ1v) is 7.00. The topological polar surface area (TPSA) is 35.5 Å². The zero-order chi connectivity index (χ0) is 14.2. The molecular weight excluding hydrogens is 248 g/mol. The van der Waals surface area contributed by atoms with E-state index in [1.165, 1.54) is 5.69 Å². The molecule has 2 rings (SSSR count). The highest BCUT2D eigenvalue weighted by Gasteiger charge is 2.01. The number of rotatable bonds is 7. The Balaban J connectivity index is 1.76. The van der Waals surface area contributed by atoms with Crippen molar-refractivity contribution in [3.05, 3.63) is 60.2 Å². The first-order valence-electron chi connectivity index (χ1n) is 7.00. The number of nitrogens with zero attached hydrogens (tertiary/aromatic N) is 1. The zero-order valence-electron chi connectivity index (χ0n) is 11.9. The van der Waals surface area contributed by atoms with E-state index >= 15 is 0 Å². The summed E-state index contributed by atoms with van der Waals surface area (Å²) in [6.45, 7) is 1.97. The van der Waals surface area contributed by atoms with E-state index in [0.29, 0.717) is 0 Å². The van der Waals surface area contributed by atoms with Gasteiger partial charge in [-0.1, -0.05) is 36.4 Å². The lowest BCUT2D eigenvalue weighted by Crippen LogP contribution is -2.20. The molecule has 0 radical (unpaired) electrons. The zero-order valence-corrected chi connectivity index (χ0v) is 11.9. The van der Waals surface area contributed by atoms with Gasteiger partial charge in [-0.05, 0) is 24.6 Å². The number of hydrogen-bond donors (Lipinski definition) is 2. The summed E-state index contributed by atoms with van der Waals surface area (Å²) in [6, 6.07) is 18.3. The number of benzene rings is 2. The van der Waals surface area contributed by atoms with Gasteiger partial charge in [0.15, 0.2) is 0 Å². The molecule has 0 spiro atoms. The molecule has 0 aliphatic carbocycles. The van der Waals surface area contributed by atoms with E-state index in [1.807, 2.05) is 30.3 Å². The Kier molecular flexibility index (Phi) is 5.44. The Morgan fingerprint density at radius 3 is 2.45 bits per heavy atom. The quantitative estimate of drug-likeness (QED) is 0.759. The number of aliphatic hydroxyl groups is 1. The van der Waals surface area contributed by atoms with Crippen LogP contribution < -0.4 is 10.2 Å².